The van der Waals surface area contributed by atoms with Crippen molar-refractivity contribution in [3.8, 4) is 0 Å². The molecule has 8 heteroatoms. The molecule has 3 fully saturated rings. The Morgan fingerprint density at radius 3 is 2.34 bits per heavy atom. The number of rotatable bonds is 7. The van der Waals surface area contributed by atoms with E-state index in [1.807, 2.05) is 0 Å². The van der Waals surface area contributed by atoms with Crippen molar-refractivity contribution in [2.24, 2.45) is 0 Å². The first-order valence-corrected chi connectivity index (χ1v) is 11.8. The van der Waals surface area contributed by atoms with Crippen LogP contribution in [0.2, 0.25) is 0 Å². The number of urea groups is 1. The summed E-state index contributed by atoms with van der Waals surface area (Å²) in [5.74, 6) is -0.317. The average molecular weight is 442 g/mol. The first-order chi connectivity index (χ1) is 15.4. The second kappa shape index (κ2) is 10.0. The maximum absolute atomic E-state index is 12.8. The van der Waals surface area contributed by atoms with E-state index < -0.39 is 5.54 Å². The number of carbonyl (C=O) groups is 3. The smallest absolute Gasteiger partial charge is 0.325 e. The van der Waals surface area contributed by atoms with E-state index in [-0.39, 0.29) is 30.8 Å². The molecular weight excluding hydrogens is 406 g/mol. The number of hydrogen-bond donors (Lipinski definition) is 2. The lowest BCUT2D eigenvalue weighted by Gasteiger charge is -2.32. The van der Waals surface area contributed by atoms with Crippen molar-refractivity contribution in [3.63, 3.8) is 0 Å². The van der Waals surface area contributed by atoms with Crippen LogP contribution < -0.4 is 10.6 Å². The van der Waals surface area contributed by atoms with Gasteiger partial charge in [-0.3, -0.25) is 19.4 Å². The van der Waals surface area contributed by atoms with Crippen LogP contribution in [-0.4, -0.2) is 77.9 Å². The molecule has 4 amide bonds. The monoisotopic (exact) mass is 441 g/mol. The molecule has 1 spiro atoms. The van der Waals surface area contributed by atoms with E-state index in [1.165, 1.54) is 10.5 Å². The van der Waals surface area contributed by atoms with Gasteiger partial charge in [-0.25, -0.2) is 4.79 Å². The molecule has 3 aliphatic rings. The van der Waals surface area contributed by atoms with Crippen molar-refractivity contribution in [1.29, 1.82) is 0 Å². The van der Waals surface area contributed by atoms with Gasteiger partial charge in [0.05, 0.1) is 0 Å². The highest BCUT2D eigenvalue weighted by atomic mass is 16.2. The lowest BCUT2D eigenvalue weighted by molar-refractivity contribution is -0.132. The predicted molar refractivity (Wildman–Crippen MR) is 122 cm³/mol. The SMILES string of the molecule is CN1CCN(Cc2ccc(CNC(=O)CCN3C(=O)NC4(CCCCC4)C3=O)cc2)CC1. The molecular formula is C24H35N5O3. The van der Waals surface area contributed by atoms with Crippen molar-refractivity contribution in [1.82, 2.24) is 25.3 Å². The second-order valence-electron chi connectivity index (χ2n) is 9.45. The fourth-order valence-electron chi connectivity index (χ4n) is 4.90. The van der Waals surface area contributed by atoms with Crippen molar-refractivity contribution < 1.29 is 14.4 Å². The molecule has 0 radical (unpaired) electrons. The number of imide groups is 1. The van der Waals surface area contributed by atoms with Crippen molar-refractivity contribution in [2.75, 3.05) is 39.8 Å². The summed E-state index contributed by atoms with van der Waals surface area (Å²) in [6.07, 6.45) is 4.53. The molecule has 174 valence electrons. The van der Waals surface area contributed by atoms with Crippen LogP contribution in [-0.2, 0) is 22.7 Å². The Hall–Kier alpha value is -2.45. The Kier molecular flexibility index (Phi) is 7.10. The summed E-state index contributed by atoms with van der Waals surface area (Å²) >= 11 is 0. The minimum Gasteiger partial charge on any atom is -0.352 e. The average Bonchev–Trinajstić information content (AvgIpc) is 3.02. The molecule has 2 heterocycles. The van der Waals surface area contributed by atoms with E-state index >= 15 is 0 Å². The summed E-state index contributed by atoms with van der Waals surface area (Å²) in [6, 6.07) is 7.99. The summed E-state index contributed by atoms with van der Waals surface area (Å²) in [7, 11) is 2.16. The number of piperazine rings is 1. The van der Waals surface area contributed by atoms with Gasteiger partial charge < -0.3 is 15.5 Å². The first kappa shape index (κ1) is 22.7. The number of nitrogens with zero attached hydrogens (tertiary/aromatic N) is 3. The van der Waals surface area contributed by atoms with Gasteiger partial charge in [-0.05, 0) is 31.0 Å². The maximum Gasteiger partial charge on any atom is 0.325 e. The fraction of sp³-hybridized carbons (Fsp3) is 0.625. The Morgan fingerprint density at radius 1 is 1.00 bits per heavy atom. The van der Waals surface area contributed by atoms with Crippen LogP contribution in [0.5, 0.6) is 0 Å². The summed E-state index contributed by atoms with van der Waals surface area (Å²) in [5.41, 5.74) is 1.59. The molecule has 0 aromatic heterocycles. The Balaban J connectivity index is 1.20. The zero-order valence-corrected chi connectivity index (χ0v) is 19.1. The van der Waals surface area contributed by atoms with Crippen molar-refractivity contribution in [3.05, 3.63) is 35.4 Å². The molecule has 0 bridgehead atoms. The normalized spacial score (nSPS) is 21.7. The molecule has 1 aromatic carbocycles. The summed E-state index contributed by atoms with van der Waals surface area (Å²) in [4.78, 5) is 43.4. The van der Waals surface area contributed by atoms with Crippen LogP contribution in [0, 0.1) is 0 Å². The van der Waals surface area contributed by atoms with Gasteiger partial charge in [-0.1, -0.05) is 43.5 Å². The summed E-state index contributed by atoms with van der Waals surface area (Å²) in [6.45, 7) is 5.92. The predicted octanol–water partition coefficient (Wildman–Crippen LogP) is 1.70. The quantitative estimate of drug-likeness (QED) is 0.629. The summed E-state index contributed by atoms with van der Waals surface area (Å²) < 4.78 is 0. The van der Waals surface area contributed by atoms with Gasteiger partial charge >= 0.3 is 6.03 Å². The van der Waals surface area contributed by atoms with Gasteiger partial charge in [0.15, 0.2) is 0 Å². The highest BCUT2D eigenvalue weighted by Gasteiger charge is 2.51. The van der Waals surface area contributed by atoms with Gasteiger partial charge in [0, 0.05) is 52.2 Å². The Labute approximate surface area is 190 Å². The van der Waals surface area contributed by atoms with Crippen LogP contribution in [0.1, 0.15) is 49.7 Å². The minimum absolute atomic E-state index is 0.122. The lowest BCUT2D eigenvalue weighted by Crippen LogP contribution is -2.48. The zero-order chi connectivity index (χ0) is 22.6. The van der Waals surface area contributed by atoms with Crippen LogP contribution in [0.25, 0.3) is 0 Å². The molecule has 32 heavy (non-hydrogen) atoms. The lowest BCUT2D eigenvalue weighted by atomic mass is 9.82. The van der Waals surface area contributed by atoms with E-state index in [2.05, 4.69) is 51.7 Å². The van der Waals surface area contributed by atoms with Gasteiger partial charge in [-0.2, -0.15) is 0 Å². The first-order valence-electron chi connectivity index (χ1n) is 11.8. The topological polar surface area (TPSA) is 85.0 Å². The minimum atomic E-state index is -0.725. The van der Waals surface area contributed by atoms with Gasteiger partial charge in [-0.15, -0.1) is 0 Å². The zero-order valence-electron chi connectivity index (χ0n) is 19.1. The number of amides is 4. The molecule has 1 aromatic rings. The molecule has 8 nitrogen and oxygen atoms in total. The van der Waals surface area contributed by atoms with E-state index in [9.17, 15) is 14.4 Å². The number of nitrogens with one attached hydrogen (secondary N) is 2. The largest absolute Gasteiger partial charge is 0.352 e. The highest BCUT2D eigenvalue weighted by Crippen LogP contribution is 2.33. The molecule has 4 rings (SSSR count). The molecule has 2 N–H and O–H groups in total. The molecule has 1 saturated carbocycles. The van der Waals surface area contributed by atoms with Crippen molar-refractivity contribution in [2.45, 2.75) is 57.2 Å². The third-order valence-corrected chi connectivity index (χ3v) is 7.03. The molecule has 1 aliphatic carbocycles. The third kappa shape index (κ3) is 5.30. The highest BCUT2D eigenvalue weighted by molar-refractivity contribution is 6.07. The van der Waals surface area contributed by atoms with Gasteiger partial charge in [0.1, 0.15) is 5.54 Å². The van der Waals surface area contributed by atoms with E-state index in [1.54, 1.807) is 0 Å². The standard InChI is InChI=1S/C24H35N5O3/c1-27-13-15-28(16-14-27)18-20-7-5-19(6-8-20)17-25-21(30)9-12-29-22(31)24(26-23(29)32)10-3-2-4-11-24/h5-8H,2-4,9-18H2,1H3,(H,25,30)(H,26,32). The van der Waals surface area contributed by atoms with Crippen LogP contribution in [0.3, 0.4) is 0 Å². The Bertz CT molecular complexity index is 827. The van der Waals surface area contributed by atoms with Crippen LogP contribution in [0.15, 0.2) is 24.3 Å². The van der Waals surface area contributed by atoms with Crippen LogP contribution in [0.4, 0.5) is 4.79 Å². The van der Waals surface area contributed by atoms with Gasteiger partial charge in [0.2, 0.25) is 5.91 Å². The van der Waals surface area contributed by atoms with Gasteiger partial charge in [0.25, 0.3) is 5.91 Å². The number of benzene rings is 1. The molecule has 0 atom stereocenters. The molecule has 2 saturated heterocycles. The van der Waals surface area contributed by atoms with E-state index in [4.69, 9.17) is 0 Å². The summed E-state index contributed by atoms with van der Waals surface area (Å²) in [5, 5.41) is 5.79. The second-order valence-corrected chi connectivity index (χ2v) is 9.45. The number of hydrogen-bond acceptors (Lipinski definition) is 5. The number of carbonyl (C=O) groups excluding carboxylic acids is 3. The maximum atomic E-state index is 12.8. The van der Waals surface area contributed by atoms with Crippen molar-refractivity contribution >= 4 is 17.8 Å². The molecule has 2 aliphatic heterocycles. The van der Waals surface area contributed by atoms with Crippen LogP contribution >= 0.6 is 0 Å². The third-order valence-electron chi connectivity index (χ3n) is 7.03. The van der Waals surface area contributed by atoms with E-state index in [0.29, 0.717) is 19.4 Å². The fourth-order valence-corrected chi connectivity index (χ4v) is 4.90. The number of likely N-dealkylation sites (N-methyl/N-ethyl adjacent to an activating group) is 1. The molecule has 0 unspecified atom stereocenters. The Morgan fingerprint density at radius 2 is 1.66 bits per heavy atom. The van der Waals surface area contributed by atoms with E-state index in [0.717, 1.165) is 57.5 Å².